The van der Waals surface area contributed by atoms with Gasteiger partial charge in [-0.2, -0.15) is 5.26 Å². The number of carbonyl (C=O) groups is 2. The topological polar surface area (TPSA) is 73.6 Å². The van der Waals surface area contributed by atoms with Crippen LogP contribution in [0.25, 0.3) is 0 Å². The zero-order valence-corrected chi connectivity index (χ0v) is 12.8. The number of nitriles is 1. The van der Waals surface area contributed by atoms with Crippen molar-refractivity contribution < 1.29 is 14.3 Å². The van der Waals surface area contributed by atoms with Crippen LogP contribution in [-0.4, -0.2) is 31.5 Å². The van der Waals surface area contributed by atoms with Crippen molar-refractivity contribution in [3.8, 4) is 11.8 Å². The van der Waals surface area contributed by atoms with E-state index in [1.54, 1.807) is 34.9 Å². The number of anilines is 2. The van der Waals surface area contributed by atoms with Gasteiger partial charge in [0.05, 0.1) is 24.7 Å². The van der Waals surface area contributed by atoms with Crippen molar-refractivity contribution in [3.63, 3.8) is 0 Å². The van der Waals surface area contributed by atoms with E-state index in [1.165, 1.54) is 6.92 Å². The van der Waals surface area contributed by atoms with Gasteiger partial charge in [-0.1, -0.05) is 6.92 Å². The fraction of sp³-hybridized carbons (Fsp3) is 0.438. The summed E-state index contributed by atoms with van der Waals surface area (Å²) in [4.78, 5) is 27.1. The maximum absolute atomic E-state index is 12.1. The number of rotatable bonds is 4. The Morgan fingerprint density at radius 3 is 2.86 bits per heavy atom. The summed E-state index contributed by atoms with van der Waals surface area (Å²) in [6, 6.07) is 7.38. The van der Waals surface area contributed by atoms with Crippen LogP contribution >= 0.6 is 0 Å². The van der Waals surface area contributed by atoms with Crippen molar-refractivity contribution in [1.29, 1.82) is 5.26 Å². The zero-order valence-electron chi connectivity index (χ0n) is 12.8. The molecule has 1 aromatic rings. The Bertz CT molecular complexity index is 622. The minimum Gasteiger partial charge on any atom is -0.490 e. The molecule has 0 saturated carbocycles. The fourth-order valence-corrected chi connectivity index (χ4v) is 2.45. The van der Waals surface area contributed by atoms with E-state index < -0.39 is 0 Å². The summed E-state index contributed by atoms with van der Waals surface area (Å²) < 4.78 is 5.56. The van der Waals surface area contributed by atoms with Crippen LogP contribution in [-0.2, 0) is 9.59 Å². The van der Waals surface area contributed by atoms with E-state index in [1.807, 2.05) is 0 Å². The van der Waals surface area contributed by atoms with Gasteiger partial charge in [-0.05, 0) is 18.2 Å². The van der Waals surface area contributed by atoms with Crippen molar-refractivity contribution in [2.24, 2.45) is 0 Å². The van der Waals surface area contributed by atoms with Crippen LogP contribution in [0, 0.1) is 11.3 Å². The number of hydrogen-bond acceptors (Lipinski definition) is 4. The number of nitrogens with zero attached hydrogens (tertiary/aromatic N) is 3. The molecule has 2 rings (SSSR count). The molecule has 1 aromatic carbocycles. The van der Waals surface area contributed by atoms with Gasteiger partial charge in [0, 0.05) is 25.6 Å². The van der Waals surface area contributed by atoms with E-state index in [9.17, 15) is 9.59 Å². The first-order chi connectivity index (χ1) is 10.6. The highest BCUT2D eigenvalue weighted by Crippen LogP contribution is 2.35. The highest BCUT2D eigenvalue weighted by molar-refractivity contribution is 5.97. The molecule has 6 nitrogen and oxygen atoms in total. The fourth-order valence-electron chi connectivity index (χ4n) is 2.45. The molecule has 0 N–H and O–H groups in total. The van der Waals surface area contributed by atoms with Crippen LogP contribution in [0.2, 0.25) is 0 Å². The van der Waals surface area contributed by atoms with E-state index in [0.29, 0.717) is 43.2 Å². The summed E-state index contributed by atoms with van der Waals surface area (Å²) in [5.74, 6) is 0.516. The molecule has 0 atom stereocenters. The first kappa shape index (κ1) is 15.8. The van der Waals surface area contributed by atoms with Crippen LogP contribution in [0.1, 0.15) is 26.7 Å². The summed E-state index contributed by atoms with van der Waals surface area (Å²) >= 11 is 0. The average molecular weight is 301 g/mol. The highest BCUT2D eigenvalue weighted by Gasteiger charge is 2.23. The van der Waals surface area contributed by atoms with Crippen molar-refractivity contribution in [2.75, 3.05) is 29.5 Å². The summed E-state index contributed by atoms with van der Waals surface area (Å²) in [7, 11) is 0. The van der Waals surface area contributed by atoms with Gasteiger partial charge in [0.15, 0.2) is 0 Å². The number of hydrogen-bond donors (Lipinski definition) is 0. The molecule has 116 valence electrons. The lowest BCUT2D eigenvalue weighted by Gasteiger charge is -2.30. The molecule has 0 aliphatic carbocycles. The molecule has 1 aliphatic rings. The normalized spacial score (nSPS) is 12.9. The first-order valence-corrected chi connectivity index (χ1v) is 7.30. The summed E-state index contributed by atoms with van der Waals surface area (Å²) in [5.41, 5.74) is 1.35. The van der Waals surface area contributed by atoms with Gasteiger partial charge in [0.25, 0.3) is 0 Å². The van der Waals surface area contributed by atoms with Gasteiger partial charge < -0.3 is 14.5 Å². The van der Waals surface area contributed by atoms with E-state index in [0.717, 1.165) is 0 Å². The lowest BCUT2D eigenvalue weighted by molar-refractivity contribution is -0.118. The molecule has 0 unspecified atom stereocenters. The Kier molecular flexibility index (Phi) is 4.99. The minimum absolute atomic E-state index is 0.0543. The second-order valence-electron chi connectivity index (χ2n) is 4.98. The third-order valence-corrected chi connectivity index (χ3v) is 3.55. The van der Waals surface area contributed by atoms with Crippen LogP contribution in [0.3, 0.4) is 0 Å². The van der Waals surface area contributed by atoms with Gasteiger partial charge in [-0.25, -0.2) is 0 Å². The maximum atomic E-state index is 12.1. The van der Waals surface area contributed by atoms with Gasteiger partial charge in [-0.3, -0.25) is 9.59 Å². The molecule has 6 heteroatoms. The lowest BCUT2D eigenvalue weighted by atomic mass is 10.2. The molecular weight excluding hydrogens is 282 g/mol. The van der Waals surface area contributed by atoms with Crippen molar-refractivity contribution >= 4 is 23.2 Å². The summed E-state index contributed by atoms with van der Waals surface area (Å²) in [5, 5.41) is 8.76. The second-order valence-corrected chi connectivity index (χ2v) is 4.98. The second kappa shape index (κ2) is 6.94. The minimum atomic E-state index is -0.0629. The molecule has 1 heterocycles. The van der Waals surface area contributed by atoms with Crippen molar-refractivity contribution in [1.82, 2.24) is 0 Å². The molecule has 0 spiro atoms. The predicted octanol–water partition coefficient (Wildman–Crippen LogP) is 2.09. The van der Waals surface area contributed by atoms with E-state index in [4.69, 9.17) is 10.00 Å². The number of amides is 2. The Morgan fingerprint density at radius 1 is 1.45 bits per heavy atom. The highest BCUT2D eigenvalue weighted by atomic mass is 16.5. The third kappa shape index (κ3) is 3.19. The van der Waals surface area contributed by atoms with E-state index >= 15 is 0 Å². The first-order valence-electron chi connectivity index (χ1n) is 7.30. The number of ether oxygens (including phenoxy) is 1. The molecule has 0 bridgehead atoms. The maximum Gasteiger partial charge on any atom is 0.226 e. The van der Waals surface area contributed by atoms with E-state index in [2.05, 4.69) is 6.07 Å². The third-order valence-electron chi connectivity index (χ3n) is 3.55. The molecular formula is C16H19N3O3. The SMILES string of the molecule is CCC(=O)N(CCC#N)c1ccc2c(c1)N(C(C)=O)CCO2. The van der Waals surface area contributed by atoms with Crippen molar-refractivity contribution in [2.45, 2.75) is 26.7 Å². The largest absolute Gasteiger partial charge is 0.490 e. The van der Waals surface area contributed by atoms with Crippen LogP contribution in [0.4, 0.5) is 11.4 Å². The van der Waals surface area contributed by atoms with Gasteiger partial charge in [-0.15, -0.1) is 0 Å². The quantitative estimate of drug-likeness (QED) is 0.853. The Morgan fingerprint density at radius 2 is 2.23 bits per heavy atom. The van der Waals surface area contributed by atoms with Crippen LogP contribution in [0.15, 0.2) is 18.2 Å². The van der Waals surface area contributed by atoms with Crippen molar-refractivity contribution in [3.05, 3.63) is 18.2 Å². The average Bonchev–Trinajstić information content (AvgIpc) is 2.53. The number of carbonyl (C=O) groups excluding carboxylic acids is 2. The van der Waals surface area contributed by atoms with Crippen LogP contribution in [0.5, 0.6) is 5.75 Å². The Hall–Kier alpha value is -2.55. The Balaban J connectivity index is 2.38. The zero-order chi connectivity index (χ0) is 16.1. The number of fused-ring (bicyclic) bond motifs is 1. The van der Waals surface area contributed by atoms with Gasteiger partial charge in [0.1, 0.15) is 12.4 Å². The van der Waals surface area contributed by atoms with E-state index in [-0.39, 0.29) is 18.2 Å². The molecule has 0 fully saturated rings. The summed E-state index contributed by atoms with van der Waals surface area (Å²) in [6.45, 7) is 4.57. The molecule has 22 heavy (non-hydrogen) atoms. The molecule has 0 saturated heterocycles. The van der Waals surface area contributed by atoms with Gasteiger partial charge in [0.2, 0.25) is 11.8 Å². The summed E-state index contributed by atoms with van der Waals surface area (Å²) in [6.07, 6.45) is 0.616. The predicted molar refractivity (Wildman–Crippen MR) is 82.8 cm³/mol. The van der Waals surface area contributed by atoms with Crippen LogP contribution < -0.4 is 14.5 Å². The molecule has 0 aromatic heterocycles. The monoisotopic (exact) mass is 301 g/mol. The molecule has 1 aliphatic heterocycles. The molecule has 0 radical (unpaired) electrons. The van der Waals surface area contributed by atoms with Gasteiger partial charge >= 0.3 is 0 Å². The smallest absolute Gasteiger partial charge is 0.226 e. The lowest BCUT2D eigenvalue weighted by Crippen LogP contribution is -2.37. The Labute approximate surface area is 129 Å². The standard InChI is InChI=1S/C16H19N3O3/c1-3-16(21)19(8-4-7-17)13-5-6-15-14(11-13)18(12(2)20)9-10-22-15/h5-6,11H,3-4,8-10H2,1-2H3. The number of benzene rings is 1. The molecule has 2 amide bonds.